The first-order valence-electron chi connectivity index (χ1n) is 28.6. The maximum atomic E-state index is 6.86. The van der Waals surface area contributed by atoms with Crippen molar-refractivity contribution >= 4 is 88.0 Å². The summed E-state index contributed by atoms with van der Waals surface area (Å²) in [4.78, 5) is 20.1. The van der Waals surface area contributed by atoms with Crippen molar-refractivity contribution in [2.45, 2.75) is 0 Å². The van der Waals surface area contributed by atoms with E-state index in [9.17, 15) is 0 Å². The average Bonchev–Trinajstić information content (AvgIpc) is 1.89. The van der Waals surface area contributed by atoms with Crippen molar-refractivity contribution in [3.05, 3.63) is 267 Å². The van der Waals surface area contributed by atoms with Gasteiger partial charge in [-0.3, -0.25) is 0 Å². The van der Waals surface area contributed by atoms with Crippen LogP contribution in [0, 0.1) is 0 Å². The molecule has 0 fully saturated rings. The molecule has 0 unspecified atom stereocenters. The summed E-state index contributed by atoms with van der Waals surface area (Å²) in [6.07, 6.45) is 0. The second-order valence-electron chi connectivity index (χ2n) is 21.7. The predicted molar refractivity (Wildman–Crippen MR) is 343 cm³/mol. The van der Waals surface area contributed by atoms with Crippen molar-refractivity contribution in [3.63, 3.8) is 0 Å². The van der Waals surface area contributed by atoms with E-state index >= 15 is 0 Å². The summed E-state index contributed by atoms with van der Waals surface area (Å²) < 4.78 is 30.8. The molecule has 0 amide bonds. The Labute approximate surface area is 489 Å². The normalized spacial score (nSPS) is 12.0. The number of hydrogen-bond acceptors (Lipinski definition) is 8. The monoisotopic (exact) mass is 1100 g/mol. The molecule has 10 heteroatoms. The molecule has 0 saturated carbocycles. The van der Waals surface area contributed by atoms with E-state index in [4.69, 9.17) is 37.6 Å². The van der Waals surface area contributed by atoms with Gasteiger partial charge in [0.2, 0.25) is 23.6 Å². The van der Waals surface area contributed by atoms with Crippen LogP contribution in [0.3, 0.4) is 0 Å². The van der Waals surface area contributed by atoms with Crippen LogP contribution in [0.4, 0.5) is 0 Å². The van der Waals surface area contributed by atoms with Crippen LogP contribution in [0.2, 0.25) is 0 Å². The van der Waals surface area contributed by atoms with Gasteiger partial charge in [-0.05, 0) is 156 Å². The van der Waals surface area contributed by atoms with Crippen LogP contribution in [0.15, 0.2) is 285 Å². The summed E-state index contributed by atoms with van der Waals surface area (Å²) in [6.45, 7) is 0. The maximum Gasteiger partial charge on any atom is 0.227 e. The Bertz CT molecular complexity index is 5660. The van der Waals surface area contributed by atoms with Gasteiger partial charge in [0.25, 0.3) is 0 Å². The molecule has 0 bridgehead atoms. The Morgan fingerprint density at radius 3 is 1.22 bits per heavy atom. The van der Waals surface area contributed by atoms with Gasteiger partial charge in [-0.15, -0.1) is 0 Å². The van der Waals surface area contributed by atoms with Gasteiger partial charge in [0.05, 0.1) is 27.8 Å². The molecule has 0 saturated heterocycles. The van der Waals surface area contributed by atoms with Gasteiger partial charge >= 0.3 is 0 Å². The van der Waals surface area contributed by atoms with Crippen LogP contribution < -0.4 is 0 Å². The number of aromatic nitrogens is 6. The minimum Gasteiger partial charge on any atom is -0.436 e. The molecule has 0 aliphatic heterocycles. The zero-order chi connectivity index (χ0) is 56.4. The molecule has 0 N–H and O–H groups in total. The fraction of sp³-hybridized carbons (Fsp3) is 0. The highest BCUT2D eigenvalue weighted by molar-refractivity contribution is 6.13. The van der Waals surface area contributed by atoms with E-state index in [1.807, 2.05) is 72.8 Å². The predicted octanol–water partition coefficient (Wildman–Crippen LogP) is 20.1. The largest absolute Gasteiger partial charge is 0.436 e. The first-order chi connectivity index (χ1) is 42.6. The van der Waals surface area contributed by atoms with Gasteiger partial charge in [-0.1, -0.05) is 133 Å². The molecule has 0 aliphatic rings. The Kier molecular flexibility index (Phi) is 10.5. The van der Waals surface area contributed by atoms with E-state index in [1.54, 1.807) is 0 Å². The number of fused-ring (bicyclic) bond motifs is 10. The maximum absolute atomic E-state index is 6.86. The van der Waals surface area contributed by atoms with Crippen molar-refractivity contribution < 1.29 is 17.7 Å². The topological polar surface area (TPSA) is 114 Å². The van der Waals surface area contributed by atoms with Gasteiger partial charge in [0.1, 0.15) is 22.1 Å². The molecule has 10 nitrogen and oxygen atoms in total. The average molecular weight is 1110 g/mol. The highest BCUT2D eigenvalue weighted by Gasteiger charge is 2.23. The van der Waals surface area contributed by atoms with Gasteiger partial charge in [0.15, 0.2) is 22.3 Å². The molecule has 86 heavy (non-hydrogen) atoms. The third-order valence-electron chi connectivity index (χ3n) is 16.7. The number of para-hydroxylation sites is 6. The van der Waals surface area contributed by atoms with Gasteiger partial charge < -0.3 is 26.8 Å². The lowest BCUT2D eigenvalue weighted by Crippen LogP contribution is -1.97. The quantitative estimate of drug-likeness (QED) is 0.140. The van der Waals surface area contributed by atoms with Crippen molar-refractivity contribution in [2.24, 2.45) is 0 Å². The molecular weight excluding hydrogens is 1060 g/mol. The van der Waals surface area contributed by atoms with Gasteiger partial charge in [-0.2, -0.15) is 0 Å². The van der Waals surface area contributed by atoms with Crippen LogP contribution in [0.1, 0.15) is 0 Å². The van der Waals surface area contributed by atoms with E-state index in [-0.39, 0.29) is 0 Å². The van der Waals surface area contributed by atoms with E-state index < -0.39 is 0 Å². The Hall–Kier alpha value is -11.9. The molecule has 6 heterocycles. The smallest absolute Gasteiger partial charge is 0.227 e. The SMILES string of the molecule is c1ccc(-c2ccc(-n3c4ccc(-c5nc6ccccc6o5)cc4c4cc(-c5nc6cccc(-c7ccc8oc(-c9ccc%10c(c9)c9cc(-c%11nc%12ccccc%12o%11)ccc9n%10-c9ccccc9-c9ccccc9)nc8c7)c6o5)ccc43)cc2)cc1. The number of rotatable bonds is 9. The van der Waals surface area contributed by atoms with Crippen LogP contribution in [0.5, 0.6) is 0 Å². The van der Waals surface area contributed by atoms with Crippen molar-refractivity contribution in [1.82, 2.24) is 29.1 Å². The first-order valence-corrected chi connectivity index (χ1v) is 28.6. The van der Waals surface area contributed by atoms with Gasteiger partial charge in [-0.25, -0.2) is 19.9 Å². The minimum atomic E-state index is 0.516. The molecule has 18 aromatic rings. The standard InChI is InChI=1S/C76H44N6O4/c1-3-14-45(15-4-1)46-26-33-53(34-27-46)81-65-35-28-49(73-77-60-20-8-11-24-69(60)83-73)40-56(65)57-43-52(29-36-66(57)81)76-79-62-22-13-19-55(72(62)86-76)48-32-39-71-63(44-48)80-75(85-71)51-31-38-68-59(42-51)58-41-50(74-78-61-21-9-12-25-70(61)84-74)30-37-67(58)82(68)64-23-10-7-18-54(64)47-16-5-2-6-17-47/h1-44H. The summed E-state index contributed by atoms with van der Waals surface area (Å²) in [5, 5.41) is 4.18. The van der Waals surface area contributed by atoms with E-state index in [2.05, 4.69) is 203 Å². The summed E-state index contributed by atoms with van der Waals surface area (Å²) in [5.74, 6) is 2.17. The number of hydrogen-bond donors (Lipinski definition) is 0. The molecular formula is C76H44N6O4. The lowest BCUT2D eigenvalue weighted by molar-refractivity contribution is 0.619. The highest BCUT2D eigenvalue weighted by atomic mass is 16.4. The van der Waals surface area contributed by atoms with E-state index in [0.717, 1.165) is 138 Å². The molecule has 12 aromatic carbocycles. The van der Waals surface area contributed by atoms with Crippen molar-refractivity contribution in [2.75, 3.05) is 0 Å². The highest BCUT2D eigenvalue weighted by Crippen LogP contribution is 2.43. The second-order valence-corrected chi connectivity index (χ2v) is 21.7. The Balaban J connectivity index is 0.725. The Morgan fingerprint density at radius 2 is 0.651 bits per heavy atom. The van der Waals surface area contributed by atoms with Crippen LogP contribution in [-0.4, -0.2) is 29.1 Å². The zero-order valence-electron chi connectivity index (χ0n) is 45.7. The number of nitrogens with zero attached hydrogens (tertiary/aromatic N) is 6. The van der Waals surface area contributed by atoms with Gasteiger partial charge in [0, 0.05) is 60.6 Å². The molecule has 0 aliphatic carbocycles. The molecule has 0 spiro atoms. The van der Waals surface area contributed by atoms with Crippen LogP contribution >= 0.6 is 0 Å². The van der Waals surface area contributed by atoms with Crippen molar-refractivity contribution in [3.8, 4) is 90.6 Å². The molecule has 0 atom stereocenters. The molecule has 402 valence electrons. The van der Waals surface area contributed by atoms with Crippen LogP contribution in [-0.2, 0) is 0 Å². The third kappa shape index (κ3) is 7.67. The third-order valence-corrected chi connectivity index (χ3v) is 16.7. The summed E-state index contributed by atoms with van der Waals surface area (Å²) >= 11 is 0. The van der Waals surface area contributed by atoms with E-state index in [1.165, 1.54) is 5.56 Å². The molecule has 18 rings (SSSR count). The molecule has 6 aromatic heterocycles. The lowest BCUT2D eigenvalue weighted by Gasteiger charge is -2.14. The van der Waals surface area contributed by atoms with E-state index in [0.29, 0.717) is 34.7 Å². The minimum absolute atomic E-state index is 0.516. The zero-order valence-corrected chi connectivity index (χ0v) is 45.7. The summed E-state index contributed by atoms with van der Waals surface area (Å²) in [6, 6.07) is 92.0. The Morgan fingerprint density at radius 1 is 0.244 bits per heavy atom. The lowest BCUT2D eigenvalue weighted by atomic mass is 10.0. The molecule has 0 radical (unpaired) electrons. The fourth-order valence-corrected chi connectivity index (χ4v) is 12.6. The summed E-state index contributed by atoms with van der Waals surface area (Å²) in [5.41, 5.74) is 22.1. The number of benzene rings is 12. The summed E-state index contributed by atoms with van der Waals surface area (Å²) in [7, 11) is 0. The second kappa shape index (κ2) is 18.8. The first kappa shape index (κ1) is 47.7. The van der Waals surface area contributed by atoms with Crippen molar-refractivity contribution in [1.29, 1.82) is 0 Å². The van der Waals surface area contributed by atoms with Crippen LogP contribution in [0.25, 0.3) is 179 Å². The fourth-order valence-electron chi connectivity index (χ4n) is 12.6. The number of oxazole rings is 4.